The lowest BCUT2D eigenvalue weighted by atomic mass is 9.89. The quantitative estimate of drug-likeness (QED) is 0.715. The highest BCUT2D eigenvalue weighted by Crippen LogP contribution is 2.31. The molecule has 1 aromatic heterocycles. The van der Waals surface area contributed by atoms with E-state index in [4.69, 9.17) is 9.72 Å². The van der Waals surface area contributed by atoms with Gasteiger partial charge < -0.3 is 24.8 Å². The Hall–Kier alpha value is -3.36. The number of hydrogen-bond donors (Lipinski definition) is 1. The number of carbonyl (C=O) groups excluding carboxylic acids is 2. The number of amides is 2. The molecule has 4 heterocycles. The third-order valence-corrected chi connectivity index (χ3v) is 7.07. The number of allylic oxidation sites excluding steroid dienone is 1. The van der Waals surface area contributed by atoms with Gasteiger partial charge in [0.1, 0.15) is 5.82 Å². The van der Waals surface area contributed by atoms with Crippen LogP contribution in [0.3, 0.4) is 0 Å². The first kappa shape index (κ1) is 22.4. The first-order valence-electron chi connectivity index (χ1n) is 12.1. The number of likely N-dealkylation sites (tertiary alicyclic amines) is 1. The van der Waals surface area contributed by atoms with Gasteiger partial charge in [0, 0.05) is 63.5 Å². The third-order valence-electron chi connectivity index (χ3n) is 7.07. The van der Waals surface area contributed by atoms with E-state index in [1.807, 2.05) is 31.3 Å². The number of piperidine rings is 1. The zero-order valence-electron chi connectivity index (χ0n) is 20.0. The molecular formula is C25H32N6O3. The second-order valence-electron chi connectivity index (χ2n) is 9.53. The van der Waals surface area contributed by atoms with Gasteiger partial charge in [-0.3, -0.25) is 9.59 Å². The van der Waals surface area contributed by atoms with E-state index >= 15 is 0 Å². The van der Waals surface area contributed by atoms with Crippen molar-refractivity contribution in [3.8, 4) is 0 Å². The van der Waals surface area contributed by atoms with Crippen molar-refractivity contribution in [2.24, 2.45) is 5.92 Å². The summed E-state index contributed by atoms with van der Waals surface area (Å²) >= 11 is 0. The fourth-order valence-electron chi connectivity index (χ4n) is 4.95. The van der Waals surface area contributed by atoms with Crippen LogP contribution in [0.4, 0.5) is 11.8 Å². The number of hydrogen-bond acceptors (Lipinski definition) is 7. The van der Waals surface area contributed by atoms with E-state index in [9.17, 15) is 9.59 Å². The zero-order chi connectivity index (χ0) is 23.8. The molecule has 1 aromatic rings. The van der Waals surface area contributed by atoms with Crippen LogP contribution >= 0.6 is 0 Å². The van der Waals surface area contributed by atoms with Crippen LogP contribution in [0.15, 0.2) is 42.0 Å². The van der Waals surface area contributed by atoms with Crippen LogP contribution in [0.2, 0.25) is 0 Å². The number of nitrogens with one attached hydrogen (secondary N) is 1. The van der Waals surface area contributed by atoms with Crippen LogP contribution in [-0.4, -0.2) is 77.5 Å². The maximum Gasteiger partial charge on any atom is 0.288 e. The van der Waals surface area contributed by atoms with Crippen LogP contribution in [0.5, 0.6) is 0 Å². The minimum atomic E-state index is -0.595. The molecule has 0 aromatic carbocycles. The van der Waals surface area contributed by atoms with Crippen molar-refractivity contribution in [1.82, 2.24) is 19.8 Å². The van der Waals surface area contributed by atoms with Gasteiger partial charge in [0.05, 0.1) is 6.04 Å². The summed E-state index contributed by atoms with van der Waals surface area (Å²) < 4.78 is 5.90. The number of aromatic nitrogens is 2. The molecule has 34 heavy (non-hydrogen) atoms. The molecule has 0 bridgehead atoms. The second kappa shape index (κ2) is 9.12. The number of anilines is 2. The van der Waals surface area contributed by atoms with E-state index in [0.717, 1.165) is 36.1 Å². The summed E-state index contributed by atoms with van der Waals surface area (Å²) in [6.45, 7) is 4.61. The van der Waals surface area contributed by atoms with Crippen LogP contribution in [0.25, 0.3) is 0 Å². The molecule has 2 unspecified atom stereocenters. The molecule has 3 atom stereocenters. The molecular weight excluding hydrogens is 432 g/mol. The number of fused-ring (bicyclic) bond motifs is 1. The van der Waals surface area contributed by atoms with Crippen LogP contribution in [-0.2, 0) is 14.3 Å². The van der Waals surface area contributed by atoms with Gasteiger partial charge in [-0.1, -0.05) is 12.2 Å². The summed E-state index contributed by atoms with van der Waals surface area (Å²) in [4.78, 5) is 40.1. The van der Waals surface area contributed by atoms with Gasteiger partial charge in [-0.05, 0) is 38.3 Å². The highest BCUT2D eigenvalue weighted by atomic mass is 16.5. The molecule has 3 aliphatic heterocycles. The first-order valence-corrected chi connectivity index (χ1v) is 12.1. The molecule has 2 saturated heterocycles. The van der Waals surface area contributed by atoms with Crippen LogP contribution in [0, 0.1) is 12.8 Å². The standard InChI is InChI=1S/C25H32N6O3/c1-16-15-26-25(31-10-5-4-6-11-31)28-22(16)27-18-7-8-19-17(13-18)14-21(24(33)30(19)3)34-20-9-12-29(2)23(20)32/h7-8,13-15,17,19-20H,4-6,9-12H2,1-3H3,(H,26,27,28)/t17?,19?,20-/m0/s1. The SMILES string of the molecule is Cc1cnc(N2CCCCC2)nc1NC1=CC2C=C(O[C@H]3CCN(C)C3=O)C(=O)N(C)C2C=C1. The monoisotopic (exact) mass is 464 g/mol. The van der Waals surface area contributed by atoms with Gasteiger partial charge in [0.25, 0.3) is 11.8 Å². The third kappa shape index (κ3) is 4.26. The highest BCUT2D eigenvalue weighted by molar-refractivity contribution is 5.94. The Bertz CT molecular complexity index is 1070. The molecule has 4 aliphatic rings. The maximum atomic E-state index is 12.9. The second-order valence-corrected chi connectivity index (χ2v) is 9.53. The highest BCUT2D eigenvalue weighted by Gasteiger charge is 2.38. The van der Waals surface area contributed by atoms with Crippen molar-refractivity contribution < 1.29 is 14.3 Å². The normalized spacial score (nSPS) is 26.9. The van der Waals surface area contributed by atoms with Crippen molar-refractivity contribution in [3.05, 3.63) is 47.5 Å². The molecule has 0 saturated carbocycles. The Morgan fingerprint density at radius 3 is 2.62 bits per heavy atom. The minimum Gasteiger partial charge on any atom is -0.475 e. The number of rotatable bonds is 5. The van der Waals surface area contributed by atoms with Crippen molar-refractivity contribution in [2.75, 3.05) is 43.9 Å². The number of likely N-dealkylation sites (N-methyl/N-ethyl adjacent to an activating group) is 2. The van der Waals surface area contributed by atoms with Gasteiger partial charge >= 0.3 is 0 Å². The van der Waals surface area contributed by atoms with Crippen molar-refractivity contribution in [3.63, 3.8) is 0 Å². The Balaban J connectivity index is 1.35. The smallest absolute Gasteiger partial charge is 0.288 e. The summed E-state index contributed by atoms with van der Waals surface area (Å²) in [5.41, 5.74) is 1.87. The Morgan fingerprint density at radius 1 is 1.09 bits per heavy atom. The van der Waals surface area contributed by atoms with Gasteiger partial charge in [-0.2, -0.15) is 4.98 Å². The van der Waals surface area contributed by atoms with E-state index in [0.29, 0.717) is 13.0 Å². The van der Waals surface area contributed by atoms with Gasteiger partial charge in [0.2, 0.25) is 5.95 Å². The number of aryl methyl sites for hydroxylation is 1. The fraction of sp³-hybridized carbons (Fsp3) is 0.520. The van der Waals surface area contributed by atoms with Crippen molar-refractivity contribution in [2.45, 2.75) is 44.8 Å². The summed E-state index contributed by atoms with van der Waals surface area (Å²) in [6, 6.07) is -0.0947. The number of ether oxygens (including phenoxy) is 1. The predicted octanol–water partition coefficient (Wildman–Crippen LogP) is 2.23. The molecule has 2 fully saturated rings. The largest absolute Gasteiger partial charge is 0.475 e. The summed E-state index contributed by atoms with van der Waals surface area (Å²) in [5, 5.41) is 3.45. The van der Waals surface area contributed by atoms with E-state index in [1.165, 1.54) is 19.3 Å². The predicted molar refractivity (Wildman–Crippen MR) is 129 cm³/mol. The number of nitrogens with zero attached hydrogens (tertiary/aromatic N) is 5. The lowest BCUT2D eigenvalue weighted by Gasteiger charge is -2.37. The molecule has 0 spiro atoms. The lowest BCUT2D eigenvalue weighted by molar-refractivity contribution is -0.139. The summed E-state index contributed by atoms with van der Waals surface area (Å²) in [6.07, 6.45) is 13.4. The van der Waals surface area contributed by atoms with E-state index < -0.39 is 6.10 Å². The van der Waals surface area contributed by atoms with E-state index in [1.54, 1.807) is 23.9 Å². The van der Waals surface area contributed by atoms with Gasteiger partial charge in [0.15, 0.2) is 11.9 Å². The minimum absolute atomic E-state index is 0.0665. The fourth-order valence-corrected chi connectivity index (χ4v) is 4.95. The molecule has 0 radical (unpaired) electrons. The average Bonchev–Trinajstić information content (AvgIpc) is 3.16. The Kier molecular flexibility index (Phi) is 6.02. The molecule has 1 aliphatic carbocycles. The average molecular weight is 465 g/mol. The molecule has 180 valence electrons. The molecule has 2 amide bonds. The maximum absolute atomic E-state index is 12.9. The zero-order valence-corrected chi connectivity index (χ0v) is 20.0. The van der Waals surface area contributed by atoms with Gasteiger partial charge in [-0.25, -0.2) is 4.98 Å². The van der Waals surface area contributed by atoms with Crippen molar-refractivity contribution in [1.29, 1.82) is 0 Å². The summed E-state index contributed by atoms with van der Waals surface area (Å²) in [7, 11) is 3.53. The lowest BCUT2D eigenvalue weighted by Crippen LogP contribution is -2.46. The molecule has 5 rings (SSSR count). The van der Waals surface area contributed by atoms with Gasteiger partial charge in [-0.15, -0.1) is 0 Å². The number of carbonyl (C=O) groups is 2. The molecule has 9 nitrogen and oxygen atoms in total. The van der Waals surface area contributed by atoms with Crippen LogP contribution < -0.4 is 10.2 Å². The van der Waals surface area contributed by atoms with Crippen molar-refractivity contribution >= 4 is 23.6 Å². The van der Waals surface area contributed by atoms with E-state index in [-0.39, 0.29) is 29.5 Å². The molecule has 9 heteroatoms. The Labute approximate surface area is 200 Å². The Morgan fingerprint density at radius 2 is 1.88 bits per heavy atom. The topological polar surface area (TPSA) is 90.9 Å². The van der Waals surface area contributed by atoms with E-state index in [2.05, 4.69) is 21.3 Å². The summed E-state index contributed by atoms with van der Waals surface area (Å²) in [5.74, 6) is 1.44. The molecule has 1 N–H and O–H groups in total. The first-order chi connectivity index (χ1) is 16.4. The van der Waals surface area contributed by atoms with Crippen LogP contribution in [0.1, 0.15) is 31.2 Å².